The van der Waals surface area contributed by atoms with Crippen LogP contribution in [0.15, 0.2) is 18.2 Å². The maximum absolute atomic E-state index is 13.8. The van der Waals surface area contributed by atoms with Gasteiger partial charge >= 0.3 is 6.03 Å². The van der Waals surface area contributed by atoms with Crippen LogP contribution in [0.4, 0.5) is 9.18 Å². The lowest BCUT2D eigenvalue weighted by atomic mass is 9.99. The van der Waals surface area contributed by atoms with Gasteiger partial charge in [-0.15, -0.1) is 0 Å². The van der Waals surface area contributed by atoms with Crippen LogP contribution in [0.2, 0.25) is 5.02 Å². The highest BCUT2D eigenvalue weighted by Crippen LogP contribution is 2.34. The average molecular weight is 315 g/mol. The molecule has 0 aliphatic carbocycles. The van der Waals surface area contributed by atoms with E-state index >= 15 is 0 Å². The van der Waals surface area contributed by atoms with E-state index in [9.17, 15) is 14.0 Å². The largest absolute Gasteiger partial charge is 0.325 e. The minimum absolute atomic E-state index is 0.136. The molecule has 4 nitrogen and oxygen atoms in total. The van der Waals surface area contributed by atoms with Crippen LogP contribution in [0, 0.1) is 5.82 Å². The summed E-state index contributed by atoms with van der Waals surface area (Å²) < 4.78 is 13.8. The number of rotatable bonds is 2. The Bertz CT molecular complexity index is 569. The highest BCUT2D eigenvalue weighted by molar-refractivity contribution is 7.99. The number of amides is 3. The fraction of sp³-hybridized carbons (Fsp3) is 0.385. The normalized spacial score (nSPS) is 25.6. The van der Waals surface area contributed by atoms with Gasteiger partial charge in [-0.3, -0.25) is 9.69 Å². The molecule has 2 heterocycles. The Morgan fingerprint density at radius 1 is 1.45 bits per heavy atom. The topological polar surface area (TPSA) is 49.4 Å². The molecule has 0 bridgehead atoms. The molecular weight excluding hydrogens is 303 g/mol. The van der Waals surface area contributed by atoms with E-state index in [1.807, 2.05) is 0 Å². The zero-order chi connectivity index (χ0) is 14.3. The second-order valence-corrected chi connectivity index (χ2v) is 6.42. The van der Waals surface area contributed by atoms with Crippen molar-refractivity contribution in [3.8, 4) is 0 Å². The lowest BCUT2D eigenvalue weighted by Gasteiger charge is -2.19. The summed E-state index contributed by atoms with van der Waals surface area (Å²) in [4.78, 5) is 25.5. The Labute approximate surface area is 124 Å². The van der Waals surface area contributed by atoms with Gasteiger partial charge in [0.1, 0.15) is 11.4 Å². The smallest absolute Gasteiger partial charge is 0.322 e. The van der Waals surface area contributed by atoms with Gasteiger partial charge in [0.25, 0.3) is 5.91 Å². The number of carbonyl (C=O) groups excluding carboxylic acids is 2. The summed E-state index contributed by atoms with van der Waals surface area (Å²) in [5.41, 5.74) is -0.639. The second kappa shape index (κ2) is 4.93. The van der Waals surface area contributed by atoms with E-state index in [0.717, 1.165) is 10.7 Å². The quantitative estimate of drug-likeness (QED) is 0.853. The molecule has 1 atom stereocenters. The van der Waals surface area contributed by atoms with Gasteiger partial charge in [0.15, 0.2) is 0 Å². The molecule has 20 heavy (non-hydrogen) atoms. The lowest BCUT2D eigenvalue weighted by molar-refractivity contribution is -0.130. The van der Waals surface area contributed by atoms with Crippen molar-refractivity contribution in [3.63, 3.8) is 0 Å². The van der Waals surface area contributed by atoms with Crippen LogP contribution < -0.4 is 5.32 Å². The van der Waals surface area contributed by atoms with E-state index in [0.29, 0.717) is 12.2 Å². The Hall–Kier alpha value is -1.27. The molecule has 3 rings (SSSR count). The fourth-order valence-corrected chi connectivity index (χ4v) is 4.04. The molecule has 106 valence electrons. The van der Waals surface area contributed by atoms with E-state index in [1.165, 1.54) is 12.1 Å². The Balaban J connectivity index is 1.88. The van der Waals surface area contributed by atoms with Crippen LogP contribution in [-0.4, -0.2) is 33.9 Å². The maximum Gasteiger partial charge on any atom is 0.325 e. The molecule has 3 amide bonds. The number of thioether (sulfide) groups is 1. The van der Waals surface area contributed by atoms with Gasteiger partial charge in [0.2, 0.25) is 0 Å². The maximum atomic E-state index is 13.8. The number of halogens is 2. The van der Waals surface area contributed by atoms with Gasteiger partial charge in [-0.25, -0.2) is 9.18 Å². The van der Waals surface area contributed by atoms with Crippen LogP contribution >= 0.6 is 23.4 Å². The highest BCUT2D eigenvalue weighted by Gasteiger charge is 2.52. The lowest BCUT2D eigenvalue weighted by Crippen LogP contribution is -2.46. The molecule has 1 aromatic carbocycles. The predicted octanol–water partition coefficient (Wildman–Crippen LogP) is 2.41. The van der Waals surface area contributed by atoms with Crippen molar-refractivity contribution in [2.24, 2.45) is 0 Å². The van der Waals surface area contributed by atoms with Crippen molar-refractivity contribution in [1.82, 2.24) is 10.2 Å². The number of imide groups is 1. The molecule has 0 radical (unpaired) electrons. The fourth-order valence-electron chi connectivity index (χ4n) is 2.49. The van der Waals surface area contributed by atoms with Crippen molar-refractivity contribution in [1.29, 1.82) is 0 Å². The van der Waals surface area contributed by atoms with Crippen LogP contribution in [0.3, 0.4) is 0 Å². The summed E-state index contributed by atoms with van der Waals surface area (Å²) in [5.74, 6) is 0.603. The van der Waals surface area contributed by atoms with Gasteiger partial charge in [-0.05, 0) is 24.3 Å². The minimum Gasteiger partial charge on any atom is -0.322 e. The molecule has 2 aliphatic heterocycles. The molecule has 1 unspecified atom stereocenters. The van der Waals surface area contributed by atoms with Gasteiger partial charge in [-0.2, -0.15) is 11.8 Å². The van der Waals surface area contributed by atoms with E-state index < -0.39 is 17.4 Å². The van der Waals surface area contributed by atoms with Crippen LogP contribution in [0.1, 0.15) is 12.0 Å². The Morgan fingerprint density at radius 3 is 2.90 bits per heavy atom. The summed E-state index contributed by atoms with van der Waals surface area (Å²) in [7, 11) is 0. The molecule has 0 saturated carbocycles. The third-order valence-corrected chi connectivity index (χ3v) is 5.19. The third-order valence-electron chi connectivity index (χ3n) is 3.65. The Morgan fingerprint density at radius 2 is 2.25 bits per heavy atom. The summed E-state index contributed by atoms with van der Waals surface area (Å²) in [6.45, 7) is -0.136. The van der Waals surface area contributed by atoms with E-state index in [4.69, 9.17) is 11.6 Å². The molecule has 2 fully saturated rings. The molecule has 1 aromatic rings. The van der Waals surface area contributed by atoms with Crippen molar-refractivity contribution in [2.75, 3.05) is 11.5 Å². The summed E-state index contributed by atoms with van der Waals surface area (Å²) in [6, 6.07) is 3.82. The van der Waals surface area contributed by atoms with Crippen molar-refractivity contribution < 1.29 is 14.0 Å². The number of benzene rings is 1. The molecule has 2 aliphatic rings. The van der Waals surface area contributed by atoms with Gasteiger partial charge in [-0.1, -0.05) is 17.7 Å². The van der Waals surface area contributed by atoms with Gasteiger partial charge < -0.3 is 5.32 Å². The van der Waals surface area contributed by atoms with Crippen molar-refractivity contribution >= 4 is 35.3 Å². The molecular formula is C13H12ClFN2O2S. The first-order valence-corrected chi connectivity index (χ1v) is 7.71. The first kappa shape index (κ1) is 13.7. The summed E-state index contributed by atoms with van der Waals surface area (Å²) >= 11 is 7.57. The van der Waals surface area contributed by atoms with Crippen molar-refractivity contribution in [2.45, 2.75) is 18.5 Å². The van der Waals surface area contributed by atoms with Gasteiger partial charge in [0, 0.05) is 16.3 Å². The number of nitrogens with one attached hydrogen (secondary N) is 1. The highest BCUT2D eigenvalue weighted by atomic mass is 35.5. The number of urea groups is 1. The van der Waals surface area contributed by atoms with Gasteiger partial charge in [0.05, 0.1) is 6.54 Å². The first-order valence-electron chi connectivity index (χ1n) is 6.18. The van der Waals surface area contributed by atoms with Crippen molar-refractivity contribution in [3.05, 3.63) is 34.6 Å². The number of hydrogen-bond donors (Lipinski definition) is 1. The number of nitrogens with zero attached hydrogens (tertiary/aromatic N) is 1. The standard InChI is InChI=1S/C13H12ClFN2O2S/c14-9-2-1-3-10(15)8(9)6-17-11(18)13(16-12(17)19)4-5-20-7-13/h1-3H,4-7H2,(H,16,19). The molecule has 0 aromatic heterocycles. The summed E-state index contributed by atoms with van der Waals surface area (Å²) in [6.07, 6.45) is 0.615. The van der Waals surface area contributed by atoms with E-state index in [2.05, 4.69) is 5.32 Å². The molecule has 1 N–H and O–H groups in total. The van der Waals surface area contributed by atoms with E-state index in [1.54, 1.807) is 17.8 Å². The van der Waals surface area contributed by atoms with Crippen LogP contribution in [0.25, 0.3) is 0 Å². The predicted molar refractivity (Wildman–Crippen MR) is 75.2 cm³/mol. The van der Waals surface area contributed by atoms with E-state index in [-0.39, 0.29) is 23.0 Å². The zero-order valence-electron chi connectivity index (χ0n) is 10.5. The van der Waals surface area contributed by atoms with Crippen LogP contribution in [0.5, 0.6) is 0 Å². The molecule has 7 heteroatoms. The van der Waals surface area contributed by atoms with Crippen LogP contribution in [-0.2, 0) is 11.3 Å². The molecule has 2 saturated heterocycles. The molecule has 1 spiro atoms. The third kappa shape index (κ3) is 2.07. The number of hydrogen-bond acceptors (Lipinski definition) is 3. The SMILES string of the molecule is O=C1NC2(CCSC2)C(=O)N1Cc1c(F)cccc1Cl. The summed E-state index contributed by atoms with van der Waals surface area (Å²) in [5, 5.41) is 2.95. The monoisotopic (exact) mass is 314 g/mol. The Kier molecular flexibility index (Phi) is 3.38. The average Bonchev–Trinajstić information content (AvgIpc) is 2.95. The zero-order valence-corrected chi connectivity index (χ0v) is 12.1. The second-order valence-electron chi connectivity index (χ2n) is 4.91. The minimum atomic E-state index is -0.806. The first-order chi connectivity index (χ1) is 9.53. The number of carbonyl (C=O) groups is 2.